The number of aromatic nitrogens is 3. The van der Waals surface area contributed by atoms with Crippen molar-refractivity contribution in [2.45, 2.75) is 52.3 Å². The molecule has 2 amide bonds. The maximum Gasteiger partial charge on any atom is 0.303 e. The van der Waals surface area contributed by atoms with Crippen LogP contribution in [0.4, 0.5) is 15.9 Å². The lowest BCUT2D eigenvalue weighted by molar-refractivity contribution is -0.279. The van der Waals surface area contributed by atoms with Gasteiger partial charge < -0.3 is 33.7 Å². The molecule has 0 aliphatic carbocycles. The number of rotatable bonds is 12. The summed E-state index contributed by atoms with van der Waals surface area (Å²) in [7, 11) is 1.37. The highest BCUT2D eigenvalue weighted by Gasteiger charge is 2.47. The fourth-order valence-corrected chi connectivity index (χ4v) is 4.98. The minimum Gasteiger partial charge on any atom is -0.491 e. The van der Waals surface area contributed by atoms with E-state index in [9.17, 15) is 28.4 Å². The molecule has 3 heterocycles. The number of methoxy groups -OCH3 is 1. The average Bonchev–Trinajstić information content (AvgIpc) is 3.08. The first-order chi connectivity index (χ1) is 24.3. The highest BCUT2D eigenvalue weighted by Crippen LogP contribution is 2.31. The van der Waals surface area contributed by atoms with Crippen LogP contribution < -0.4 is 15.5 Å². The lowest BCUT2D eigenvalue weighted by Gasteiger charge is -2.40. The van der Waals surface area contributed by atoms with E-state index in [4.69, 9.17) is 40.0 Å². The van der Waals surface area contributed by atoms with Gasteiger partial charge in [-0.2, -0.15) is 0 Å². The number of pyridine rings is 1. The molecule has 272 valence electrons. The van der Waals surface area contributed by atoms with Crippen molar-refractivity contribution in [3.05, 3.63) is 59.3 Å². The second-order valence-corrected chi connectivity index (χ2v) is 11.1. The molecule has 0 radical (unpaired) electrons. The number of hydrogen-bond donors (Lipinski definition) is 2. The summed E-state index contributed by atoms with van der Waals surface area (Å²) in [5.74, 6) is -4.14. The zero-order chi connectivity index (χ0) is 37.2. The van der Waals surface area contributed by atoms with Crippen LogP contribution in [-0.2, 0) is 42.9 Å². The fourth-order valence-electron chi connectivity index (χ4n) is 4.80. The molecule has 1 fully saturated rings. The van der Waals surface area contributed by atoms with Crippen LogP contribution in [0.25, 0.3) is 11.4 Å². The number of hydrogen-bond acceptors (Lipinski definition) is 15. The Morgan fingerprint density at radius 3 is 2.39 bits per heavy atom. The predicted molar refractivity (Wildman–Crippen MR) is 174 cm³/mol. The summed E-state index contributed by atoms with van der Waals surface area (Å²) in [6, 6.07) is 5.39. The van der Waals surface area contributed by atoms with Gasteiger partial charge in [0.1, 0.15) is 12.4 Å². The van der Waals surface area contributed by atoms with Gasteiger partial charge in [0, 0.05) is 44.7 Å². The number of esters is 3. The van der Waals surface area contributed by atoms with Crippen molar-refractivity contribution in [1.29, 1.82) is 0 Å². The van der Waals surface area contributed by atoms with Gasteiger partial charge in [-0.1, -0.05) is 11.6 Å². The molecule has 17 nitrogen and oxygen atoms in total. The van der Waals surface area contributed by atoms with Gasteiger partial charge in [-0.25, -0.2) is 14.4 Å². The number of hydrazine groups is 1. The van der Waals surface area contributed by atoms with Gasteiger partial charge in [0.25, 0.3) is 11.8 Å². The van der Waals surface area contributed by atoms with Crippen molar-refractivity contribution in [2.24, 2.45) is 0 Å². The number of benzene rings is 1. The monoisotopic (exact) mass is 732 g/mol. The van der Waals surface area contributed by atoms with Gasteiger partial charge >= 0.3 is 17.9 Å². The molecule has 0 spiro atoms. The van der Waals surface area contributed by atoms with E-state index >= 15 is 0 Å². The van der Waals surface area contributed by atoms with Crippen LogP contribution in [0.2, 0.25) is 5.02 Å². The van der Waals surface area contributed by atoms with E-state index < -0.39 is 66.7 Å². The lowest BCUT2D eigenvalue weighted by atomic mass is 10.0. The molecule has 1 aromatic carbocycles. The molecule has 51 heavy (non-hydrogen) atoms. The lowest BCUT2D eigenvalue weighted by Crippen LogP contribution is -2.58. The Morgan fingerprint density at radius 1 is 1.02 bits per heavy atom. The third-order valence-electron chi connectivity index (χ3n) is 6.99. The smallest absolute Gasteiger partial charge is 0.303 e. The molecule has 0 saturated carbocycles. The number of carbonyl (C=O) groups is 5. The van der Waals surface area contributed by atoms with Crippen molar-refractivity contribution < 1.29 is 56.8 Å². The average molecular weight is 733 g/mol. The van der Waals surface area contributed by atoms with Crippen LogP contribution in [0.5, 0.6) is 5.75 Å². The maximum atomic E-state index is 14.6. The quantitative estimate of drug-likeness (QED) is 0.156. The second kappa shape index (κ2) is 17.5. The molecule has 0 bridgehead atoms. The Balaban J connectivity index is 1.49. The van der Waals surface area contributed by atoms with E-state index in [-0.39, 0.29) is 52.4 Å². The zero-order valence-electron chi connectivity index (χ0n) is 28.0. The summed E-state index contributed by atoms with van der Waals surface area (Å²) in [4.78, 5) is 74.6. The summed E-state index contributed by atoms with van der Waals surface area (Å²) < 4.78 is 46.9. The zero-order valence-corrected chi connectivity index (χ0v) is 28.8. The third kappa shape index (κ3) is 10.1. The molecule has 4 atom stereocenters. The third-order valence-corrected chi connectivity index (χ3v) is 7.23. The number of halogens is 2. The molecule has 1 saturated heterocycles. The summed E-state index contributed by atoms with van der Waals surface area (Å²) in [6.07, 6.45) is -1.32. The Morgan fingerprint density at radius 2 is 1.73 bits per heavy atom. The Hall–Kier alpha value is -5.46. The molecule has 19 heteroatoms. The summed E-state index contributed by atoms with van der Waals surface area (Å²) in [5, 5.41) is 4.20. The molecule has 2 N–H and O–H groups in total. The fraction of sp³-hybridized carbons (Fsp3) is 0.375. The minimum atomic E-state index is -1.43. The summed E-state index contributed by atoms with van der Waals surface area (Å²) >= 11 is 6.05. The summed E-state index contributed by atoms with van der Waals surface area (Å²) in [6.45, 7) is 3.90. The first kappa shape index (κ1) is 38.3. The van der Waals surface area contributed by atoms with Gasteiger partial charge in [0.15, 0.2) is 42.0 Å². The van der Waals surface area contributed by atoms with Crippen LogP contribution in [0.15, 0.2) is 42.9 Å². The highest BCUT2D eigenvalue weighted by atomic mass is 35.5. The van der Waals surface area contributed by atoms with Crippen molar-refractivity contribution in [1.82, 2.24) is 25.4 Å². The van der Waals surface area contributed by atoms with Crippen LogP contribution >= 0.6 is 11.6 Å². The molecular formula is C32H34ClFN6O11. The van der Waals surface area contributed by atoms with Crippen LogP contribution in [0, 0.1) is 5.82 Å². The molecular weight excluding hydrogens is 699 g/mol. The van der Waals surface area contributed by atoms with E-state index in [0.29, 0.717) is 0 Å². The number of nitrogens with zero attached hydrogens (tertiary/aromatic N) is 4. The molecule has 4 unspecified atom stereocenters. The minimum absolute atomic E-state index is 0.0138. The van der Waals surface area contributed by atoms with Crippen molar-refractivity contribution in [3.63, 3.8) is 0 Å². The van der Waals surface area contributed by atoms with Gasteiger partial charge in [0.05, 0.1) is 36.7 Å². The molecule has 2 aromatic heterocycles. The molecule has 1 aliphatic heterocycles. The van der Waals surface area contributed by atoms with Crippen molar-refractivity contribution >= 4 is 52.8 Å². The maximum absolute atomic E-state index is 14.6. The Kier molecular flexibility index (Phi) is 13.1. The Labute approximate surface area is 295 Å². The number of ether oxygens (including phenoxy) is 6. The number of anilines is 2. The number of amides is 2. The largest absolute Gasteiger partial charge is 0.491 e. The normalized spacial score (nSPS) is 18.2. The van der Waals surface area contributed by atoms with Gasteiger partial charge in [-0.3, -0.25) is 39.4 Å². The molecule has 1 aliphatic rings. The van der Waals surface area contributed by atoms with E-state index in [2.05, 4.69) is 25.7 Å². The molecule has 4 rings (SSSR count). The number of nitrogens with one attached hydrogen (secondary N) is 2. The highest BCUT2D eigenvalue weighted by molar-refractivity contribution is 6.30. The van der Waals surface area contributed by atoms with Crippen LogP contribution in [0.3, 0.4) is 0 Å². The first-order valence-electron chi connectivity index (χ1n) is 15.2. The van der Waals surface area contributed by atoms with E-state index in [1.165, 1.54) is 50.0 Å². The standard InChI is InChI=1S/C32H34ClFN6O11/c1-6-40(26(44)15-48-32-28(51-18(4)43)27(50-17(3)42)25(14-47-32)49-16(2)41)39-31(45)21-12-35-10-9-23(21)37-30-24(46-5)13-36-29(38-30)20-11-19(33)7-8-22(20)34/h7-13,25,27-28,32H,6,14-15H2,1-5H3,(H,39,45)(H,35,36,37,38). The number of carbonyl (C=O) groups excluding carboxylic acids is 5. The van der Waals surface area contributed by atoms with E-state index in [1.807, 2.05) is 0 Å². The predicted octanol–water partition coefficient (Wildman–Crippen LogP) is 2.74. The SMILES string of the molecule is CCN(NC(=O)c1cnccc1Nc1nc(-c2cc(Cl)ccc2F)ncc1OC)C(=O)COC1OCC(OC(C)=O)C(OC(C)=O)C1OC(C)=O. The van der Waals surface area contributed by atoms with Gasteiger partial charge in [0.2, 0.25) is 0 Å². The van der Waals surface area contributed by atoms with Crippen molar-refractivity contribution in [3.8, 4) is 17.1 Å². The van der Waals surface area contributed by atoms with E-state index in [0.717, 1.165) is 25.8 Å². The number of likely N-dealkylation sites (N-methyl/N-ethyl adjacent to an activating group) is 1. The van der Waals surface area contributed by atoms with Crippen LogP contribution in [-0.4, -0.2) is 101 Å². The van der Waals surface area contributed by atoms with E-state index in [1.54, 1.807) is 6.92 Å². The first-order valence-corrected chi connectivity index (χ1v) is 15.6. The van der Waals surface area contributed by atoms with Crippen LogP contribution in [0.1, 0.15) is 38.1 Å². The second-order valence-electron chi connectivity index (χ2n) is 10.7. The Bertz CT molecular complexity index is 1780. The topological polar surface area (TPSA) is 207 Å². The van der Waals surface area contributed by atoms with Gasteiger partial charge in [-0.15, -0.1) is 0 Å². The van der Waals surface area contributed by atoms with Crippen molar-refractivity contribution in [2.75, 3.05) is 32.2 Å². The molecule has 3 aromatic rings. The summed E-state index contributed by atoms with van der Waals surface area (Å²) in [5.41, 5.74) is 2.69. The van der Waals surface area contributed by atoms with Gasteiger partial charge in [-0.05, 0) is 31.2 Å².